The van der Waals surface area contributed by atoms with Crippen LogP contribution >= 0.6 is 0 Å². The number of hydrogen-bond acceptors (Lipinski definition) is 5. The Morgan fingerprint density at radius 2 is 1.76 bits per heavy atom. The van der Waals surface area contributed by atoms with E-state index >= 15 is 0 Å². The van der Waals surface area contributed by atoms with Crippen LogP contribution in [0.1, 0.15) is 31.7 Å². The lowest BCUT2D eigenvalue weighted by atomic mass is 10.1. The summed E-state index contributed by atoms with van der Waals surface area (Å²) >= 11 is 0. The number of rotatable bonds is 11. The van der Waals surface area contributed by atoms with Crippen LogP contribution in [0.2, 0.25) is 0 Å². The first kappa shape index (κ1) is 20.9. The number of aliphatic hydroxyl groups excluding tert-OH is 2. The van der Waals surface area contributed by atoms with E-state index in [1.165, 1.54) is 0 Å². The first-order chi connectivity index (χ1) is 12.0. The van der Waals surface area contributed by atoms with Crippen LogP contribution in [0.25, 0.3) is 0 Å². The molecule has 0 bridgehead atoms. The average molecular weight is 348 g/mol. The maximum atomic E-state index is 11.2. The quantitative estimate of drug-likeness (QED) is 0.475. The maximum absolute atomic E-state index is 11.2. The van der Waals surface area contributed by atoms with Crippen molar-refractivity contribution in [2.45, 2.75) is 44.8 Å². The number of carbonyl (C=O) groups is 1. The smallest absolute Gasteiger partial charge is 0.305 e. The van der Waals surface area contributed by atoms with Crippen molar-refractivity contribution in [1.29, 1.82) is 0 Å². The number of hydrogen-bond donors (Lipinski definition) is 2. The highest BCUT2D eigenvalue weighted by atomic mass is 16.5. The van der Waals surface area contributed by atoms with Gasteiger partial charge in [0.1, 0.15) is 5.75 Å². The topological polar surface area (TPSA) is 76.0 Å². The van der Waals surface area contributed by atoms with Gasteiger partial charge in [-0.15, -0.1) is 0 Å². The van der Waals surface area contributed by atoms with Gasteiger partial charge in [0, 0.05) is 12.8 Å². The molecule has 0 radical (unpaired) electrons. The van der Waals surface area contributed by atoms with E-state index in [-0.39, 0.29) is 5.97 Å². The number of aliphatic hydroxyl groups is 2. The van der Waals surface area contributed by atoms with Gasteiger partial charge in [-0.2, -0.15) is 0 Å². The van der Waals surface area contributed by atoms with E-state index in [0.29, 0.717) is 32.3 Å². The van der Waals surface area contributed by atoms with Crippen LogP contribution in [0.5, 0.6) is 5.75 Å². The van der Waals surface area contributed by atoms with Crippen LogP contribution in [-0.2, 0) is 16.0 Å². The number of carbonyl (C=O) groups excluding carboxylic acids is 1. The molecule has 1 aromatic rings. The van der Waals surface area contributed by atoms with Gasteiger partial charge in [0.05, 0.1) is 25.9 Å². The van der Waals surface area contributed by atoms with E-state index in [1.54, 1.807) is 38.3 Å². The van der Waals surface area contributed by atoms with Gasteiger partial charge in [0.15, 0.2) is 0 Å². The lowest BCUT2D eigenvalue weighted by molar-refractivity contribution is -0.143. The van der Waals surface area contributed by atoms with Crippen molar-refractivity contribution < 1.29 is 24.5 Å². The molecule has 0 unspecified atom stereocenters. The summed E-state index contributed by atoms with van der Waals surface area (Å²) in [5.74, 6) is 0.550. The molecule has 0 heterocycles. The fourth-order valence-electron chi connectivity index (χ4n) is 2.24. The van der Waals surface area contributed by atoms with E-state index < -0.39 is 12.2 Å². The van der Waals surface area contributed by atoms with Gasteiger partial charge in [-0.05, 0) is 37.5 Å². The van der Waals surface area contributed by atoms with Crippen molar-refractivity contribution in [2.75, 3.05) is 13.7 Å². The van der Waals surface area contributed by atoms with Gasteiger partial charge in [0.25, 0.3) is 0 Å². The molecule has 5 heteroatoms. The second kappa shape index (κ2) is 12.3. The second-order valence-electron chi connectivity index (χ2n) is 5.65. The Morgan fingerprint density at radius 1 is 1.12 bits per heavy atom. The Labute approximate surface area is 149 Å². The highest BCUT2D eigenvalue weighted by Crippen LogP contribution is 2.13. The van der Waals surface area contributed by atoms with Crippen LogP contribution < -0.4 is 4.74 Å². The summed E-state index contributed by atoms with van der Waals surface area (Å²) in [6, 6.07) is 7.55. The summed E-state index contributed by atoms with van der Waals surface area (Å²) in [6.45, 7) is 2.15. The van der Waals surface area contributed by atoms with Crippen molar-refractivity contribution in [1.82, 2.24) is 0 Å². The van der Waals surface area contributed by atoms with Gasteiger partial charge < -0.3 is 19.7 Å². The van der Waals surface area contributed by atoms with Crippen LogP contribution in [0.4, 0.5) is 0 Å². The third-order valence-electron chi connectivity index (χ3n) is 3.57. The molecule has 0 aliphatic carbocycles. The minimum Gasteiger partial charge on any atom is -0.497 e. The molecular weight excluding hydrogens is 320 g/mol. The molecule has 0 saturated heterocycles. The number of ether oxygens (including phenoxy) is 2. The van der Waals surface area contributed by atoms with E-state index in [2.05, 4.69) is 0 Å². The minimum absolute atomic E-state index is 0.236. The maximum Gasteiger partial charge on any atom is 0.305 e. The van der Waals surface area contributed by atoms with E-state index in [0.717, 1.165) is 11.3 Å². The fraction of sp³-hybridized carbons (Fsp3) is 0.450. The molecule has 2 atom stereocenters. The summed E-state index contributed by atoms with van der Waals surface area (Å²) < 4.78 is 9.92. The third-order valence-corrected chi connectivity index (χ3v) is 3.57. The Morgan fingerprint density at radius 3 is 2.36 bits per heavy atom. The summed E-state index contributed by atoms with van der Waals surface area (Å²) in [5, 5.41) is 19.8. The van der Waals surface area contributed by atoms with Crippen LogP contribution in [0.15, 0.2) is 48.6 Å². The first-order valence-corrected chi connectivity index (χ1v) is 8.54. The molecule has 25 heavy (non-hydrogen) atoms. The van der Waals surface area contributed by atoms with Crippen molar-refractivity contribution in [2.24, 2.45) is 0 Å². The summed E-state index contributed by atoms with van der Waals surface area (Å²) in [5.41, 5.74) is 1.01. The van der Waals surface area contributed by atoms with Gasteiger partial charge in [0.2, 0.25) is 0 Å². The lowest BCUT2D eigenvalue weighted by Gasteiger charge is -2.06. The Hall–Kier alpha value is -2.11. The number of methoxy groups -OCH3 is 1. The summed E-state index contributed by atoms with van der Waals surface area (Å²) in [4.78, 5) is 11.2. The van der Waals surface area contributed by atoms with E-state index in [4.69, 9.17) is 9.47 Å². The van der Waals surface area contributed by atoms with Gasteiger partial charge in [-0.3, -0.25) is 4.79 Å². The summed E-state index contributed by atoms with van der Waals surface area (Å²) in [7, 11) is 1.62. The molecule has 2 N–H and O–H groups in total. The molecule has 1 aromatic carbocycles. The second-order valence-corrected chi connectivity index (χ2v) is 5.65. The molecule has 0 saturated carbocycles. The fourth-order valence-corrected chi connectivity index (χ4v) is 2.24. The molecule has 0 fully saturated rings. The number of benzene rings is 1. The Bertz CT molecular complexity index is 548. The average Bonchev–Trinajstić information content (AvgIpc) is 2.59. The van der Waals surface area contributed by atoms with Gasteiger partial charge in [-0.25, -0.2) is 0 Å². The minimum atomic E-state index is -0.613. The van der Waals surface area contributed by atoms with Crippen molar-refractivity contribution in [3.63, 3.8) is 0 Å². The van der Waals surface area contributed by atoms with Gasteiger partial charge in [-0.1, -0.05) is 36.4 Å². The molecule has 0 aliphatic heterocycles. The predicted octanol–water partition coefficient (Wildman–Crippen LogP) is 2.81. The molecule has 0 aliphatic rings. The van der Waals surface area contributed by atoms with E-state index in [9.17, 15) is 15.0 Å². The van der Waals surface area contributed by atoms with Crippen molar-refractivity contribution in [3.8, 4) is 5.75 Å². The highest BCUT2D eigenvalue weighted by Gasteiger charge is 2.04. The zero-order chi connectivity index (χ0) is 18.5. The van der Waals surface area contributed by atoms with Crippen LogP contribution in [0.3, 0.4) is 0 Å². The number of esters is 1. The lowest BCUT2D eigenvalue weighted by Crippen LogP contribution is -2.07. The zero-order valence-electron chi connectivity index (χ0n) is 14.9. The van der Waals surface area contributed by atoms with Crippen molar-refractivity contribution in [3.05, 3.63) is 54.1 Å². The third kappa shape index (κ3) is 9.69. The Balaban J connectivity index is 2.27. The van der Waals surface area contributed by atoms with Gasteiger partial charge >= 0.3 is 5.97 Å². The zero-order valence-corrected chi connectivity index (χ0v) is 14.9. The molecule has 5 nitrogen and oxygen atoms in total. The largest absolute Gasteiger partial charge is 0.497 e. The Kier molecular flexibility index (Phi) is 10.3. The molecule has 0 aromatic heterocycles. The van der Waals surface area contributed by atoms with Crippen LogP contribution in [-0.4, -0.2) is 42.1 Å². The first-order valence-electron chi connectivity index (χ1n) is 8.54. The number of allylic oxidation sites excluding steroid dienone is 2. The normalized spacial score (nSPS) is 13.9. The SMILES string of the molecule is CCOC(=O)CCC[C@H](O)/C=C/C=C/[C@H](O)Cc1ccc(OC)cc1. The summed E-state index contributed by atoms with van der Waals surface area (Å²) in [6.07, 6.45) is 7.41. The standard InChI is InChI=1S/C20H28O5/c1-3-25-20(23)10-6-9-17(21)7-4-5-8-18(22)15-16-11-13-19(24-2)14-12-16/h4-5,7-8,11-14,17-18,21-22H,3,6,9-10,15H2,1-2H3/b7-4+,8-5+/t17-,18+/m1/s1. The molecule has 0 amide bonds. The highest BCUT2D eigenvalue weighted by molar-refractivity contribution is 5.69. The van der Waals surface area contributed by atoms with Crippen molar-refractivity contribution >= 4 is 5.97 Å². The van der Waals surface area contributed by atoms with E-state index in [1.807, 2.05) is 24.3 Å². The molecule has 0 spiro atoms. The molecule has 138 valence electrons. The monoisotopic (exact) mass is 348 g/mol. The molecule has 1 rings (SSSR count). The molecular formula is C20H28O5. The van der Waals surface area contributed by atoms with Crippen LogP contribution in [0, 0.1) is 0 Å². The predicted molar refractivity (Wildman–Crippen MR) is 97.5 cm³/mol.